The Morgan fingerprint density at radius 2 is 2.00 bits per heavy atom. The molecule has 0 saturated heterocycles. The zero-order chi connectivity index (χ0) is 14.8. The number of rotatable bonds is 4. The number of hydrogen-bond donors (Lipinski definition) is 2. The minimum absolute atomic E-state index is 0.0385. The van der Waals surface area contributed by atoms with E-state index >= 15 is 0 Å². The molecule has 0 radical (unpaired) electrons. The number of nitrogens with zero attached hydrogens (tertiary/aromatic N) is 1. The summed E-state index contributed by atoms with van der Waals surface area (Å²) in [6, 6.07) is 6.00. The summed E-state index contributed by atoms with van der Waals surface area (Å²) >= 11 is 1.18. The molecule has 1 aromatic heterocycles. The maximum Gasteiger partial charge on any atom is 0.275 e. The second kappa shape index (κ2) is 5.59. The number of carbonyl (C=O) groups excluding carboxylic acids is 1. The average Bonchev–Trinajstić information content (AvgIpc) is 2.86. The molecule has 20 heavy (non-hydrogen) atoms. The van der Waals surface area contributed by atoms with E-state index < -0.39 is 9.84 Å². The lowest BCUT2D eigenvalue weighted by atomic mass is 10.3. The van der Waals surface area contributed by atoms with E-state index in [2.05, 4.69) is 10.3 Å². The highest BCUT2D eigenvalue weighted by molar-refractivity contribution is 7.91. The van der Waals surface area contributed by atoms with Crippen LogP contribution in [0.25, 0.3) is 0 Å². The Morgan fingerprint density at radius 1 is 1.35 bits per heavy atom. The molecule has 1 amide bonds. The summed E-state index contributed by atoms with van der Waals surface area (Å²) in [6.07, 6.45) is 0. The molecule has 1 heterocycles. The molecule has 1 aromatic carbocycles. The van der Waals surface area contributed by atoms with Crippen molar-refractivity contribution < 1.29 is 13.2 Å². The lowest BCUT2D eigenvalue weighted by Gasteiger charge is -2.05. The summed E-state index contributed by atoms with van der Waals surface area (Å²) in [5.74, 6) is -0.347. The van der Waals surface area contributed by atoms with Gasteiger partial charge < -0.3 is 11.1 Å². The number of thiazole rings is 1. The zero-order valence-corrected chi connectivity index (χ0v) is 12.3. The van der Waals surface area contributed by atoms with Gasteiger partial charge in [0.05, 0.1) is 10.6 Å². The van der Waals surface area contributed by atoms with E-state index in [1.54, 1.807) is 12.3 Å². The molecule has 3 N–H and O–H groups in total. The second-order valence-corrected chi connectivity index (χ2v) is 7.12. The summed E-state index contributed by atoms with van der Waals surface area (Å²) in [5.41, 5.74) is 6.18. The number of benzene rings is 1. The van der Waals surface area contributed by atoms with Crippen LogP contribution in [-0.2, 0) is 9.84 Å². The Labute approximate surface area is 120 Å². The Balaban J connectivity index is 2.14. The highest BCUT2D eigenvalue weighted by Crippen LogP contribution is 2.17. The molecule has 0 aliphatic heterocycles. The number of anilines is 2. The van der Waals surface area contributed by atoms with E-state index in [4.69, 9.17) is 5.73 Å². The van der Waals surface area contributed by atoms with E-state index in [0.29, 0.717) is 10.8 Å². The Hall–Kier alpha value is -1.93. The number of nitrogens with two attached hydrogens (primary N) is 1. The quantitative estimate of drug-likeness (QED) is 0.896. The Morgan fingerprint density at radius 3 is 2.50 bits per heavy atom. The second-order valence-electron chi connectivity index (χ2n) is 3.95. The Kier molecular flexibility index (Phi) is 4.05. The third kappa shape index (κ3) is 3.14. The van der Waals surface area contributed by atoms with Gasteiger partial charge in [-0.1, -0.05) is 6.92 Å². The molecule has 2 aromatic rings. The number of hydrogen-bond acceptors (Lipinski definition) is 6. The van der Waals surface area contributed by atoms with Gasteiger partial charge in [-0.05, 0) is 24.3 Å². The van der Waals surface area contributed by atoms with Crippen molar-refractivity contribution >= 4 is 37.9 Å². The summed E-state index contributed by atoms with van der Waals surface area (Å²) < 4.78 is 23.3. The molecule has 0 aliphatic rings. The van der Waals surface area contributed by atoms with Crippen LogP contribution in [0.1, 0.15) is 17.4 Å². The monoisotopic (exact) mass is 311 g/mol. The maximum atomic E-state index is 11.8. The highest BCUT2D eigenvalue weighted by atomic mass is 32.2. The zero-order valence-electron chi connectivity index (χ0n) is 10.7. The van der Waals surface area contributed by atoms with Gasteiger partial charge in [0, 0.05) is 11.1 Å². The first kappa shape index (κ1) is 14.5. The minimum atomic E-state index is -3.23. The third-order valence-electron chi connectivity index (χ3n) is 2.61. The van der Waals surface area contributed by atoms with Crippen LogP contribution in [0.5, 0.6) is 0 Å². The van der Waals surface area contributed by atoms with Crippen LogP contribution in [0.2, 0.25) is 0 Å². The molecule has 0 aliphatic carbocycles. The first-order valence-electron chi connectivity index (χ1n) is 5.77. The summed E-state index contributed by atoms with van der Waals surface area (Å²) in [6.45, 7) is 1.58. The molecular formula is C12H13N3O3S2. The third-order valence-corrected chi connectivity index (χ3v) is 5.03. The van der Waals surface area contributed by atoms with Gasteiger partial charge in [-0.15, -0.1) is 11.3 Å². The van der Waals surface area contributed by atoms with Crippen molar-refractivity contribution in [1.82, 2.24) is 4.98 Å². The fourth-order valence-electron chi connectivity index (χ4n) is 1.50. The van der Waals surface area contributed by atoms with Gasteiger partial charge in [0.15, 0.2) is 15.0 Å². The molecule has 2 rings (SSSR count). The average molecular weight is 311 g/mol. The van der Waals surface area contributed by atoms with Gasteiger partial charge in [0.2, 0.25) is 0 Å². The standard InChI is InChI=1S/C12H13N3O3S2/c1-2-20(17,18)9-5-3-8(4-6-9)14-11(16)10-7-19-12(13)15-10/h3-7H,2H2,1H3,(H2,13,15)(H,14,16). The van der Waals surface area contributed by atoms with Crippen molar-refractivity contribution in [2.24, 2.45) is 0 Å². The molecule has 0 unspecified atom stereocenters. The van der Waals surface area contributed by atoms with Crippen molar-refractivity contribution in [3.05, 3.63) is 35.3 Å². The van der Waals surface area contributed by atoms with Gasteiger partial charge in [-0.25, -0.2) is 13.4 Å². The normalized spacial score (nSPS) is 11.2. The van der Waals surface area contributed by atoms with E-state index in [-0.39, 0.29) is 22.2 Å². The van der Waals surface area contributed by atoms with Gasteiger partial charge >= 0.3 is 0 Å². The van der Waals surface area contributed by atoms with Crippen LogP contribution in [0.15, 0.2) is 34.5 Å². The molecule has 6 nitrogen and oxygen atoms in total. The van der Waals surface area contributed by atoms with E-state index in [0.717, 1.165) is 0 Å². The van der Waals surface area contributed by atoms with Crippen molar-refractivity contribution in [3.63, 3.8) is 0 Å². The number of nitrogen functional groups attached to an aromatic ring is 1. The molecule has 0 bridgehead atoms. The predicted molar refractivity (Wildman–Crippen MR) is 78.6 cm³/mol. The van der Waals surface area contributed by atoms with Gasteiger partial charge in [0.25, 0.3) is 5.91 Å². The lowest BCUT2D eigenvalue weighted by Crippen LogP contribution is -2.12. The summed E-state index contributed by atoms with van der Waals surface area (Å²) in [7, 11) is -3.23. The number of nitrogens with one attached hydrogen (secondary N) is 1. The van der Waals surface area contributed by atoms with Crippen LogP contribution >= 0.6 is 11.3 Å². The van der Waals surface area contributed by atoms with Gasteiger partial charge in [0.1, 0.15) is 5.69 Å². The first-order valence-corrected chi connectivity index (χ1v) is 8.31. The molecular weight excluding hydrogens is 298 g/mol. The molecule has 106 valence electrons. The molecule has 0 spiro atoms. The number of sulfone groups is 1. The molecule has 0 saturated carbocycles. The van der Waals surface area contributed by atoms with Crippen LogP contribution in [0.3, 0.4) is 0 Å². The summed E-state index contributed by atoms with van der Waals surface area (Å²) in [4.78, 5) is 15.9. The van der Waals surface area contributed by atoms with Crippen molar-refractivity contribution in [2.45, 2.75) is 11.8 Å². The topological polar surface area (TPSA) is 102 Å². The van der Waals surface area contributed by atoms with Gasteiger partial charge in [-0.3, -0.25) is 4.79 Å². The van der Waals surface area contributed by atoms with Crippen molar-refractivity contribution in [3.8, 4) is 0 Å². The lowest BCUT2D eigenvalue weighted by molar-refractivity contribution is 0.102. The minimum Gasteiger partial charge on any atom is -0.375 e. The predicted octanol–water partition coefficient (Wildman–Crippen LogP) is 1.77. The number of carbonyl (C=O) groups is 1. The van der Waals surface area contributed by atoms with Crippen molar-refractivity contribution in [1.29, 1.82) is 0 Å². The van der Waals surface area contributed by atoms with Crippen LogP contribution in [0.4, 0.5) is 10.8 Å². The fraction of sp³-hybridized carbons (Fsp3) is 0.167. The fourth-order valence-corrected chi connectivity index (χ4v) is 2.93. The van der Waals surface area contributed by atoms with Crippen LogP contribution < -0.4 is 11.1 Å². The number of aromatic nitrogens is 1. The largest absolute Gasteiger partial charge is 0.375 e. The van der Waals surface area contributed by atoms with Crippen molar-refractivity contribution in [2.75, 3.05) is 16.8 Å². The maximum absolute atomic E-state index is 11.8. The smallest absolute Gasteiger partial charge is 0.275 e. The van der Waals surface area contributed by atoms with Gasteiger partial charge in [-0.2, -0.15) is 0 Å². The van der Waals surface area contributed by atoms with E-state index in [1.807, 2.05) is 0 Å². The SMILES string of the molecule is CCS(=O)(=O)c1ccc(NC(=O)c2csc(N)n2)cc1. The molecule has 8 heteroatoms. The van der Waals surface area contributed by atoms with E-state index in [9.17, 15) is 13.2 Å². The summed E-state index contributed by atoms with van der Waals surface area (Å²) in [5, 5.41) is 4.50. The number of amides is 1. The first-order chi connectivity index (χ1) is 9.42. The van der Waals surface area contributed by atoms with Crippen LogP contribution in [-0.4, -0.2) is 25.1 Å². The molecule has 0 atom stereocenters. The molecule has 0 fully saturated rings. The van der Waals surface area contributed by atoms with Crippen LogP contribution in [0, 0.1) is 0 Å². The highest BCUT2D eigenvalue weighted by Gasteiger charge is 2.13. The van der Waals surface area contributed by atoms with E-state index in [1.165, 1.54) is 35.6 Å². The Bertz CT molecular complexity index is 721.